The molecule has 30 heavy (non-hydrogen) atoms. The van der Waals surface area contributed by atoms with Crippen molar-refractivity contribution in [2.75, 3.05) is 25.2 Å². The van der Waals surface area contributed by atoms with E-state index in [0.717, 1.165) is 30.5 Å². The highest BCUT2D eigenvalue weighted by Gasteiger charge is 2.22. The zero-order chi connectivity index (χ0) is 21.7. The van der Waals surface area contributed by atoms with Crippen molar-refractivity contribution in [3.8, 4) is 5.75 Å². The number of ether oxygens (including phenoxy) is 2. The Morgan fingerprint density at radius 2 is 1.90 bits per heavy atom. The number of nitrogens with zero attached hydrogens (tertiary/aromatic N) is 1. The molecule has 0 unspecified atom stereocenters. The first kappa shape index (κ1) is 21.1. The topological polar surface area (TPSA) is 132 Å². The lowest BCUT2D eigenvalue weighted by atomic mass is 10.1. The average Bonchev–Trinajstić information content (AvgIpc) is 3.19. The van der Waals surface area contributed by atoms with Gasteiger partial charge in [0.2, 0.25) is 5.91 Å². The van der Waals surface area contributed by atoms with Crippen molar-refractivity contribution >= 4 is 23.5 Å². The van der Waals surface area contributed by atoms with Crippen LogP contribution in [0.5, 0.6) is 5.75 Å². The summed E-state index contributed by atoms with van der Waals surface area (Å²) in [5.41, 5.74) is 6.78. The van der Waals surface area contributed by atoms with Crippen LogP contribution in [0.1, 0.15) is 34.5 Å². The van der Waals surface area contributed by atoms with Crippen LogP contribution in [0, 0.1) is 0 Å². The van der Waals surface area contributed by atoms with Crippen molar-refractivity contribution in [2.45, 2.75) is 25.7 Å². The SMILES string of the molecule is COc1ccc(N(CCC(N)=O)C(=O)COC(=O)c2cc3c([nH]c2=O)CCC3)cc1. The summed E-state index contributed by atoms with van der Waals surface area (Å²) < 4.78 is 10.2. The Hall–Kier alpha value is -3.62. The van der Waals surface area contributed by atoms with Crippen LogP contribution in [0.15, 0.2) is 35.1 Å². The molecule has 0 fully saturated rings. The number of nitrogens with two attached hydrogens (primary N) is 1. The summed E-state index contributed by atoms with van der Waals surface area (Å²) in [6, 6.07) is 8.14. The van der Waals surface area contributed by atoms with Crippen LogP contribution in [-0.4, -0.2) is 43.0 Å². The van der Waals surface area contributed by atoms with Crippen LogP contribution in [0.25, 0.3) is 0 Å². The Labute approximate surface area is 172 Å². The number of aromatic nitrogens is 1. The van der Waals surface area contributed by atoms with Crippen LogP contribution in [0.3, 0.4) is 0 Å². The third-order valence-electron chi connectivity index (χ3n) is 4.90. The van der Waals surface area contributed by atoms with Crippen LogP contribution < -0.4 is 20.9 Å². The zero-order valence-electron chi connectivity index (χ0n) is 16.6. The smallest absolute Gasteiger partial charge is 0.344 e. The van der Waals surface area contributed by atoms with Crippen molar-refractivity contribution in [1.82, 2.24) is 4.98 Å². The molecule has 1 heterocycles. The standard InChI is InChI=1S/C21H23N3O6/c1-29-15-7-5-14(6-8-15)24(10-9-18(22)25)19(26)12-30-21(28)16-11-13-3-2-4-17(13)23-20(16)27/h5-8,11H,2-4,9-10,12H2,1H3,(H2,22,25)(H,23,27). The van der Waals surface area contributed by atoms with E-state index in [1.807, 2.05) is 0 Å². The third kappa shape index (κ3) is 4.86. The van der Waals surface area contributed by atoms with Gasteiger partial charge in [-0.25, -0.2) is 4.79 Å². The second-order valence-electron chi connectivity index (χ2n) is 6.91. The Bertz CT molecular complexity index is 1010. The number of pyridine rings is 1. The summed E-state index contributed by atoms with van der Waals surface area (Å²) in [7, 11) is 1.52. The van der Waals surface area contributed by atoms with E-state index in [1.54, 1.807) is 24.3 Å². The van der Waals surface area contributed by atoms with Gasteiger partial charge in [-0.05, 0) is 55.2 Å². The number of aromatic amines is 1. The number of aryl methyl sites for hydroxylation is 2. The fourth-order valence-corrected chi connectivity index (χ4v) is 3.33. The van der Waals surface area contributed by atoms with E-state index >= 15 is 0 Å². The molecule has 3 N–H and O–H groups in total. The number of esters is 1. The number of primary amides is 1. The van der Waals surface area contributed by atoms with E-state index in [9.17, 15) is 19.2 Å². The highest BCUT2D eigenvalue weighted by Crippen LogP contribution is 2.21. The van der Waals surface area contributed by atoms with Crippen molar-refractivity contribution in [3.05, 3.63) is 57.5 Å². The van der Waals surface area contributed by atoms with Crippen LogP contribution in [0.4, 0.5) is 5.69 Å². The zero-order valence-corrected chi connectivity index (χ0v) is 16.6. The van der Waals surface area contributed by atoms with Gasteiger partial charge in [0.1, 0.15) is 11.3 Å². The number of carbonyl (C=O) groups is 3. The Morgan fingerprint density at radius 1 is 1.17 bits per heavy atom. The number of amides is 2. The highest BCUT2D eigenvalue weighted by molar-refractivity contribution is 5.97. The molecule has 9 nitrogen and oxygen atoms in total. The molecule has 0 spiro atoms. The summed E-state index contributed by atoms with van der Waals surface area (Å²) >= 11 is 0. The minimum Gasteiger partial charge on any atom is -0.497 e. The molecule has 158 valence electrons. The molecule has 0 atom stereocenters. The lowest BCUT2D eigenvalue weighted by Gasteiger charge is -2.22. The van der Waals surface area contributed by atoms with Crippen LogP contribution in [0.2, 0.25) is 0 Å². The Balaban J connectivity index is 1.71. The number of methoxy groups -OCH3 is 1. The molecule has 2 amide bonds. The highest BCUT2D eigenvalue weighted by atomic mass is 16.5. The van der Waals surface area contributed by atoms with Crippen molar-refractivity contribution in [2.24, 2.45) is 5.73 Å². The van der Waals surface area contributed by atoms with Crippen molar-refractivity contribution < 1.29 is 23.9 Å². The molecule has 0 aliphatic heterocycles. The predicted molar refractivity (Wildman–Crippen MR) is 109 cm³/mol. The largest absolute Gasteiger partial charge is 0.497 e. The average molecular weight is 413 g/mol. The quantitative estimate of drug-likeness (QED) is 0.619. The first-order valence-corrected chi connectivity index (χ1v) is 9.54. The molecule has 9 heteroatoms. The van der Waals surface area contributed by atoms with Crippen molar-refractivity contribution in [1.29, 1.82) is 0 Å². The molecule has 1 aromatic heterocycles. The van der Waals surface area contributed by atoms with Gasteiger partial charge in [0.15, 0.2) is 6.61 Å². The maximum absolute atomic E-state index is 12.7. The molecule has 0 saturated carbocycles. The van der Waals surface area contributed by atoms with Crippen LogP contribution >= 0.6 is 0 Å². The second-order valence-corrected chi connectivity index (χ2v) is 6.91. The number of nitrogens with one attached hydrogen (secondary N) is 1. The molecular weight excluding hydrogens is 390 g/mol. The summed E-state index contributed by atoms with van der Waals surface area (Å²) in [6.45, 7) is -0.558. The van der Waals surface area contributed by atoms with Gasteiger partial charge in [-0.3, -0.25) is 14.4 Å². The number of hydrogen-bond donors (Lipinski definition) is 2. The maximum atomic E-state index is 12.7. The number of anilines is 1. The van der Waals surface area contributed by atoms with Gasteiger partial charge in [-0.15, -0.1) is 0 Å². The number of rotatable bonds is 8. The molecule has 2 aromatic rings. The Morgan fingerprint density at radius 3 is 2.57 bits per heavy atom. The second kappa shape index (κ2) is 9.25. The summed E-state index contributed by atoms with van der Waals surface area (Å²) in [6.07, 6.45) is 2.41. The van der Waals surface area contributed by atoms with E-state index in [-0.39, 0.29) is 18.5 Å². The molecule has 1 aliphatic carbocycles. The van der Waals surface area contributed by atoms with Gasteiger partial charge < -0.3 is 25.1 Å². The molecule has 1 aromatic carbocycles. The first-order valence-electron chi connectivity index (χ1n) is 9.54. The number of fused-ring (bicyclic) bond motifs is 1. The van der Waals surface area contributed by atoms with Gasteiger partial charge in [0.05, 0.1) is 7.11 Å². The lowest BCUT2D eigenvalue weighted by molar-refractivity contribution is -0.121. The summed E-state index contributed by atoms with van der Waals surface area (Å²) in [5, 5.41) is 0. The van der Waals surface area contributed by atoms with E-state index in [0.29, 0.717) is 11.4 Å². The maximum Gasteiger partial charge on any atom is 0.344 e. The predicted octanol–water partition coefficient (Wildman–Crippen LogP) is 0.938. The van der Waals surface area contributed by atoms with Gasteiger partial charge in [0, 0.05) is 24.3 Å². The summed E-state index contributed by atoms with van der Waals surface area (Å²) in [4.78, 5) is 52.4. The number of benzene rings is 1. The molecule has 0 saturated heterocycles. The molecule has 1 aliphatic rings. The van der Waals surface area contributed by atoms with Gasteiger partial charge in [0.25, 0.3) is 11.5 Å². The lowest BCUT2D eigenvalue weighted by Crippen LogP contribution is -2.37. The van der Waals surface area contributed by atoms with E-state index < -0.39 is 29.9 Å². The Kier molecular flexibility index (Phi) is 6.51. The minimum atomic E-state index is -0.871. The third-order valence-corrected chi connectivity index (χ3v) is 4.90. The van der Waals surface area contributed by atoms with E-state index in [1.165, 1.54) is 18.1 Å². The minimum absolute atomic E-state index is 0.0253. The van der Waals surface area contributed by atoms with E-state index in [2.05, 4.69) is 4.98 Å². The van der Waals surface area contributed by atoms with E-state index in [4.69, 9.17) is 15.2 Å². The van der Waals surface area contributed by atoms with Gasteiger partial charge in [-0.2, -0.15) is 0 Å². The van der Waals surface area contributed by atoms with Crippen molar-refractivity contribution in [3.63, 3.8) is 0 Å². The monoisotopic (exact) mass is 413 g/mol. The van der Waals surface area contributed by atoms with Crippen LogP contribution in [-0.2, 0) is 27.2 Å². The molecule has 3 rings (SSSR count). The fraction of sp³-hybridized carbons (Fsp3) is 0.333. The first-order chi connectivity index (χ1) is 14.4. The normalized spacial score (nSPS) is 12.2. The number of H-pyrrole nitrogens is 1. The van der Waals surface area contributed by atoms with Gasteiger partial charge >= 0.3 is 5.97 Å². The molecule has 0 radical (unpaired) electrons. The summed E-state index contributed by atoms with van der Waals surface area (Å²) in [5.74, 6) is -1.39. The number of hydrogen-bond acceptors (Lipinski definition) is 6. The molecule has 0 bridgehead atoms. The fourth-order valence-electron chi connectivity index (χ4n) is 3.33. The van der Waals surface area contributed by atoms with Gasteiger partial charge in [-0.1, -0.05) is 0 Å². The number of carbonyl (C=O) groups excluding carboxylic acids is 3. The molecular formula is C21H23N3O6.